The number of nitrogens with zero attached hydrogens (tertiary/aromatic N) is 2. The molecule has 2 rings (SSSR count). The fourth-order valence-corrected chi connectivity index (χ4v) is 2.74. The molecule has 1 unspecified atom stereocenters. The fraction of sp³-hybridized carbons (Fsp3) is 0.474. The van der Waals surface area contributed by atoms with Crippen LogP contribution in [-0.2, 0) is 18.6 Å². The first-order valence-electron chi connectivity index (χ1n) is 8.56. The highest BCUT2D eigenvalue weighted by molar-refractivity contribution is 5.95. The Labute approximate surface area is 147 Å². The number of carbonyl (C=O) groups excluding carboxylic acids is 1. The molecule has 25 heavy (non-hydrogen) atoms. The monoisotopic (exact) mass is 347 g/mol. The molecular formula is C19H26FN3O2. The molecule has 0 aliphatic rings. The molecule has 136 valence electrons. The average molecular weight is 347 g/mol. The van der Waals surface area contributed by atoms with Gasteiger partial charge in [-0.1, -0.05) is 32.9 Å². The Morgan fingerprint density at radius 2 is 2.00 bits per heavy atom. The predicted octanol–water partition coefficient (Wildman–Crippen LogP) is 2.88. The van der Waals surface area contributed by atoms with Crippen LogP contribution in [0.3, 0.4) is 0 Å². The number of aromatic nitrogens is 2. The number of nitrogens with one attached hydrogen (secondary N) is 1. The SMILES string of the molecule is CCc1c(C(=O)NCC(C)(O)c2ccc(F)cc2)cnn1CC(C)C. The van der Waals surface area contributed by atoms with Gasteiger partial charge in [-0.3, -0.25) is 9.48 Å². The van der Waals surface area contributed by atoms with Gasteiger partial charge < -0.3 is 10.4 Å². The quantitative estimate of drug-likeness (QED) is 0.809. The molecule has 0 saturated carbocycles. The van der Waals surface area contributed by atoms with Crippen molar-refractivity contribution in [2.24, 2.45) is 5.92 Å². The zero-order chi connectivity index (χ0) is 18.6. The van der Waals surface area contributed by atoms with E-state index in [1.807, 2.05) is 11.6 Å². The van der Waals surface area contributed by atoms with Crippen LogP contribution in [0.15, 0.2) is 30.5 Å². The Morgan fingerprint density at radius 1 is 1.36 bits per heavy atom. The van der Waals surface area contributed by atoms with Crippen molar-refractivity contribution in [1.82, 2.24) is 15.1 Å². The summed E-state index contributed by atoms with van der Waals surface area (Å²) in [6.07, 6.45) is 2.27. The van der Waals surface area contributed by atoms with Crippen LogP contribution in [0.25, 0.3) is 0 Å². The molecule has 6 heteroatoms. The highest BCUT2D eigenvalue weighted by Crippen LogP contribution is 2.20. The molecular weight excluding hydrogens is 321 g/mol. The number of amides is 1. The minimum atomic E-state index is -1.29. The lowest BCUT2D eigenvalue weighted by atomic mass is 9.96. The third-order valence-corrected chi connectivity index (χ3v) is 4.13. The van der Waals surface area contributed by atoms with Gasteiger partial charge in [0.25, 0.3) is 5.91 Å². The van der Waals surface area contributed by atoms with Crippen LogP contribution < -0.4 is 5.32 Å². The third kappa shape index (κ3) is 4.66. The van der Waals surface area contributed by atoms with E-state index in [-0.39, 0.29) is 18.3 Å². The average Bonchev–Trinajstić information content (AvgIpc) is 2.95. The van der Waals surface area contributed by atoms with Crippen molar-refractivity contribution in [1.29, 1.82) is 0 Å². The molecule has 2 N–H and O–H groups in total. The molecule has 5 nitrogen and oxygen atoms in total. The highest BCUT2D eigenvalue weighted by atomic mass is 19.1. The molecule has 1 atom stereocenters. The molecule has 1 aromatic carbocycles. The van der Waals surface area contributed by atoms with E-state index in [2.05, 4.69) is 24.3 Å². The minimum Gasteiger partial charge on any atom is -0.384 e. The van der Waals surface area contributed by atoms with Crippen molar-refractivity contribution >= 4 is 5.91 Å². The van der Waals surface area contributed by atoms with Gasteiger partial charge in [-0.25, -0.2) is 4.39 Å². The van der Waals surface area contributed by atoms with Crippen LogP contribution >= 0.6 is 0 Å². The van der Waals surface area contributed by atoms with Gasteiger partial charge >= 0.3 is 0 Å². The Morgan fingerprint density at radius 3 is 2.56 bits per heavy atom. The molecule has 2 aromatic rings. The molecule has 1 aromatic heterocycles. The largest absolute Gasteiger partial charge is 0.384 e. The van der Waals surface area contributed by atoms with Gasteiger partial charge in [0.05, 0.1) is 24.0 Å². The van der Waals surface area contributed by atoms with Crippen LogP contribution in [0.2, 0.25) is 0 Å². The van der Waals surface area contributed by atoms with Crippen molar-refractivity contribution in [2.75, 3.05) is 6.54 Å². The lowest BCUT2D eigenvalue weighted by Gasteiger charge is -2.24. The summed E-state index contributed by atoms with van der Waals surface area (Å²) >= 11 is 0. The van der Waals surface area contributed by atoms with E-state index >= 15 is 0 Å². The Hall–Kier alpha value is -2.21. The van der Waals surface area contributed by atoms with Crippen molar-refractivity contribution in [3.63, 3.8) is 0 Å². The first-order valence-corrected chi connectivity index (χ1v) is 8.56. The molecule has 0 bridgehead atoms. The lowest BCUT2D eigenvalue weighted by Crippen LogP contribution is -2.38. The topological polar surface area (TPSA) is 67.2 Å². The summed E-state index contributed by atoms with van der Waals surface area (Å²) in [5, 5.41) is 17.6. The maximum atomic E-state index is 13.0. The van der Waals surface area contributed by atoms with Gasteiger partial charge in [-0.05, 0) is 37.0 Å². The number of halogens is 1. The van der Waals surface area contributed by atoms with Crippen LogP contribution in [0.1, 0.15) is 49.3 Å². The van der Waals surface area contributed by atoms with Crippen LogP contribution in [0.5, 0.6) is 0 Å². The summed E-state index contributed by atoms with van der Waals surface area (Å²) in [5.41, 5.74) is 0.662. The number of benzene rings is 1. The second-order valence-corrected chi connectivity index (χ2v) is 6.90. The summed E-state index contributed by atoms with van der Waals surface area (Å²) in [5.74, 6) is -0.205. The molecule has 0 fully saturated rings. The second kappa shape index (κ2) is 7.78. The van der Waals surface area contributed by atoms with Gasteiger partial charge in [0, 0.05) is 6.54 Å². The van der Waals surface area contributed by atoms with E-state index in [9.17, 15) is 14.3 Å². The van der Waals surface area contributed by atoms with Gasteiger partial charge in [-0.15, -0.1) is 0 Å². The van der Waals surface area contributed by atoms with Crippen molar-refractivity contribution < 1.29 is 14.3 Å². The van der Waals surface area contributed by atoms with Crippen molar-refractivity contribution in [3.05, 3.63) is 53.1 Å². The standard InChI is InChI=1S/C19H26FN3O2/c1-5-17-16(10-22-23(17)11-13(2)3)18(24)21-12-19(4,25)14-6-8-15(20)9-7-14/h6-10,13,25H,5,11-12H2,1-4H3,(H,21,24). The molecule has 0 spiro atoms. The van der Waals surface area contributed by atoms with Gasteiger partial charge in [0.1, 0.15) is 11.4 Å². The second-order valence-electron chi connectivity index (χ2n) is 6.90. The van der Waals surface area contributed by atoms with Gasteiger partial charge in [0.2, 0.25) is 0 Å². The van der Waals surface area contributed by atoms with E-state index in [0.29, 0.717) is 23.5 Å². The third-order valence-electron chi connectivity index (χ3n) is 4.13. The van der Waals surface area contributed by atoms with E-state index in [4.69, 9.17) is 0 Å². The first kappa shape index (κ1) is 19.1. The van der Waals surface area contributed by atoms with E-state index in [0.717, 1.165) is 12.2 Å². The summed E-state index contributed by atoms with van der Waals surface area (Å²) < 4.78 is 14.9. The molecule has 1 amide bonds. The zero-order valence-electron chi connectivity index (χ0n) is 15.2. The van der Waals surface area contributed by atoms with E-state index < -0.39 is 5.60 Å². The van der Waals surface area contributed by atoms with Gasteiger partial charge in [-0.2, -0.15) is 5.10 Å². The van der Waals surface area contributed by atoms with Crippen LogP contribution in [-0.4, -0.2) is 27.3 Å². The first-order chi connectivity index (χ1) is 11.7. The van der Waals surface area contributed by atoms with E-state index in [1.165, 1.54) is 24.3 Å². The fourth-order valence-electron chi connectivity index (χ4n) is 2.74. The molecule has 1 heterocycles. The van der Waals surface area contributed by atoms with E-state index in [1.54, 1.807) is 13.1 Å². The summed E-state index contributed by atoms with van der Waals surface area (Å²) in [6.45, 7) is 8.55. The molecule has 0 radical (unpaired) electrons. The summed E-state index contributed by atoms with van der Waals surface area (Å²) in [6, 6.07) is 5.60. The maximum absolute atomic E-state index is 13.0. The smallest absolute Gasteiger partial charge is 0.254 e. The minimum absolute atomic E-state index is 0.0238. The van der Waals surface area contributed by atoms with Crippen LogP contribution in [0.4, 0.5) is 4.39 Å². The van der Waals surface area contributed by atoms with Crippen LogP contribution in [0, 0.1) is 11.7 Å². The molecule has 0 aliphatic heterocycles. The molecule has 0 saturated heterocycles. The Balaban J connectivity index is 2.09. The Bertz CT molecular complexity index is 721. The number of hydrogen-bond donors (Lipinski definition) is 2. The van der Waals surface area contributed by atoms with Crippen molar-refractivity contribution in [3.8, 4) is 0 Å². The number of hydrogen-bond acceptors (Lipinski definition) is 3. The number of carbonyl (C=O) groups is 1. The number of aliphatic hydroxyl groups is 1. The van der Waals surface area contributed by atoms with Gasteiger partial charge in [0.15, 0.2) is 0 Å². The maximum Gasteiger partial charge on any atom is 0.254 e. The summed E-state index contributed by atoms with van der Waals surface area (Å²) in [4.78, 5) is 12.5. The lowest BCUT2D eigenvalue weighted by molar-refractivity contribution is 0.0525. The Kier molecular flexibility index (Phi) is 5.95. The predicted molar refractivity (Wildman–Crippen MR) is 94.7 cm³/mol. The molecule has 0 aliphatic carbocycles. The number of rotatable bonds is 7. The zero-order valence-corrected chi connectivity index (χ0v) is 15.2. The normalized spacial score (nSPS) is 13.7. The highest BCUT2D eigenvalue weighted by Gasteiger charge is 2.25. The van der Waals surface area contributed by atoms with Crippen molar-refractivity contribution in [2.45, 2.75) is 46.3 Å². The summed E-state index contributed by atoms with van der Waals surface area (Å²) in [7, 11) is 0.